The normalized spacial score (nSPS) is 10.8. The molecule has 0 fully saturated rings. The smallest absolute Gasteiger partial charge is 0.339 e. The Hall–Kier alpha value is -2.53. The van der Waals surface area contributed by atoms with Crippen LogP contribution in [0.2, 0.25) is 5.02 Å². The number of halogens is 1. The van der Waals surface area contributed by atoms with Crippen molar-refractivity contribution in [1.82, 2.24) is 9.55 Å². The summed E-state index contributed by atoms with van der Waals surface area (Å²) in [6, 6.07) is 9.16. The predicted octanol–water partition coefficient (Wildman–Crippen LogP) is 4.15. The highest BCUT2D eigenvalue weighted by atomic mass is 35.5. The van der Waals surface area contributed by atoms with E-state index in [0.717, 1.165) is 11.1 Å². The Morgan fingerprint density at radius 1 is 1.41 bits per heavy atom. The molecule has 0 saturated carbocycles. The maximum absolute atomic E-state index is 11.4. The Balaban J connectivity index is 2.13. The molecule has 2 heterocycles. The SMILES string of the molecule is CCn1ccc2c(Nc3cccc(Cl)c3)ncc(C(=O)O)c21. The van der Waals surface area contributed by atoms with Crippen LogP contribution in [-0.2, 0) is 6.54 Å². The van der Waals surface area contributed by atoms with E-state index in [4.69, 9.17) is 11.6 Å². The first-order chi connectivity index (χ1) is 10.6. The Bertz CT molecular complexity index is 858. The van der Waals surface area contributed by atoms with Gasteiger partial charge in [-0.25, -0.2) is 9.78 Å². The number of hydrogen-bond donors (Lipinski definition) is 2. The van der Waals surface area contributed by atoms with E-state index in [1.807, 2.05) is 35.9 Å². The number of rotatable bonds is 4. The molecule has 112 valence electrons. The summed E-state index contributed by atoms with van der Waals surface area (Å²) >= 11 is 5.98. The second-order valence-corrected chi connectivity index (χ2v) is 5.26. The molecule has 0 saturated heterocycles. The van der Waals surface area contributed by atoms with Crippen LogP contribution in [0.1, 0.15) is 17.3 Å². The van der Waals surface area contributed by atoms with Gasteiger partial charge in [-0.2, -0.15) is 0 Å². The van der Waals surface area contributed by atoms with Crippen LogP contribution in [0.15, 0.2) is 42.7 Å². The number of carboxylic acids is 1. The van der Waals surface area contributed by atoms with Crippen LogP contribution in [0.4, 0.5) is 11.5 Å². The molecule has 0 aliphatic rings. The van der Waals surface area contributed by atoms with Crippen molar-refractivity contribution in [2.24, 2.45) is 0 Å². The van der Waals surface area contributed by atoms with Crippen LogP contribution < -0.4 is 5.32 Å². The van der Waals surface area contributed by atoms with Crippen molar-refractivity contribution in [2.75, 3.05) is 5.32 Å². The Morgan fingerprint density at radius 3 is 2.91 bits per heavy atom. The van der Waals surface area contributed by atoms with Crippen molar-refractivity contribution in [2.45, 2.75) is 13.5 Å². The molecule has 0 aliphatic heterocycles. The van der Waals surface area contributed by atoms with Crippen LogP contribution in [0.5, 0.6) is 0 Å². The fourth-order valence-electron chi connectivity index (χ4n) is 2.45. The molecule has 0 spiro atoms. The van der Waals surface area contributed by atoms with Crippen molar-refractivity contribution in [1.29, 1.82) is 0 Å². The molecule has 2 N–H and O–H groups in total. The van der Waals surface area contributed by atoms with E-state index >= 15 is 0 Å². The maximum Gasteiger partial charge on any atom is 0.339 e. The zero-order chi connectivity index (χ0) is 15.7. The number of benzene rings is 1. The lowest BCUT2D eigenvalue weighted by Gasteiger charge is -2.10. The zero-order valence-electron chi connectivity index (χ0n) is 11.9. The van der Waals surface area contributed by atoms with E-state index < -0.39 is 5.97 Å². The molecule has 3 rings (SSSR count). The van der Waals surface area contributed by atoms with Gasteiger partial charge in [0.25, 0.3) is 0 Å². The number of carbonyl (C=O) groups is 1. The van der Waals surface area contributed by atoms with E-state index in [1.165, 1.54) is 6.20 Å². The molecule has 0 amide bonds. The van der Waals surface area contributed by atoms with E-state index in [-0.39, 0.29) is 5.56 Å². The van der Waals surface area contributed by atoms with Crippen molar-refractivity contribution < 1.29 is 9.90 Å². The largest absolute Gasteiger partial charge is 0.478 e. The van der Waals surface area contributed by atoms with E-state index in [0.29, 0.717) is 22.9 Å². The second-order valence-electron chi connectivity index (χ2n) is 4.83. The summed E-state index contributed by atoms with van der Waals surface area (Å²) in [6.45, 7) is 2.65. The first kappa shape index (κ1) is 14.4. The van der Waals surface area contributed by atoms with Gasteiger partial charge < -0.3 is 15.0 Å². The van der Waals surface area contributed by atoms with Gasteiger partial charge in [0.2, 0.25) is 0 Å². The summed E-state index contributed by atoms with van der Waals surface area (Å²) in [6.07, 6.45) is 3.24. The number of aromatic carboxylic acids is 1. The Labute approximate surface area is 132 Å². The lowest BCUT2D eigenvalue weighted by molar-refractivity contribution is 0.0698. The first-order valence-electron chi connectivity index (χ1n) is 6.84. The highest BCUT2D eigenvalue weighted by molar-refractivity contribution is 6.30. The summed E-state index contributed by atoms with van der Waals surface area (Å²) < 4.78 is 1.89. The number of nitrogens with one attached hydrogen (secondary N) is 1. The second kappa shape index (κ2) is 5.69. The number of carboxylic acid groups (broad SMARTS) is 1. The number of anilines is 2. The molecular formula is C16H14ClN3O2. The summed E-state index contributed by atoms with van der Waals surface area (Å²) in [7, 11) is 0. The standard InChI is InChI=1S/C16H14ClN3O2/c1-2-20-7-6-12-14(20)13(16(21)22)9-18-15(12)19-11-5-3-4-10(17)8-11/h3-9H,2H2,1H3,(H,18,19)(H,21,22). The highest BCUT2D eigenvalue weighted by Crippen LogP contribution is 2.29. The molecule has 2 aromatic heterocycles. The topological polar surface area (TPSA) is 67.2 Å². The number of nitrogens with zero attached hydrogens (tertiary/aromatic N) is 2. The third-order valence-electron chi connectivity index (χ3n) is 3.45. The van der Waals surface area contributed by atoms with E-state index in [2.05, 4.69) is 10.3 Å². The van der Waals surface area contributed by atoms with E-state index in [1.54, 1.807) is 12.1 Å². The molecule has 5 nitrogen and oxygen atoms in total. The maximum atomic E-state index is 11.4. The lowest BCUT2D eigenvalue weighted by Crippen LogP contribution is -2.05. The van der Waals surface area contributed by atoms with Crippen LogP contribution in [-0.4, -0.2) is 20.6 Å². The number of pyridine rings is 1. The molecule has 3 aromatic rings. The summed E-state index contributed by atoms with van der Waals surface area (Å²) in [5.41, 5.74) is 1.65. The third-order valence-corrected chi connectivity index (χ3v) is 3.69. The van der Waals surface area contributed by atoms with E-state index in [9.17, 15) is 9.90 Å². The first-order valence-corrected chi connectivity index (χ1v) is 7.21. The lowest BCUT2D eigenvalue weighted by atomic mass is 10.2. The average Bonchev–Trinajstić information content (AvgIpc) is 2.91. The summed E-state index contributed by atoms with van der Waals surface area (Å²) in [5, 5.41) is 13.9. The quantitative estimate of drug-likeness (QED) is 0.759. The van der Waals surface area contributed by atoms with Crippen LogP contribution in [0, 0.1) is 0 Å². The molecule has 1 aromatic carbocycles. The van der Waals surface area contributed by atoms with Gasteiger partial charge in [0.1, 0.15) is 11.4 Å². The van der Waals surface area contributed by atoms with Gasteiger partial charge in [0, 0.05) is 35.0 Å². The predicted molar refractivity (Wildman–Crippen MR) is 87.1 cm³/mol. The number of fused-ring (bicyclic) bond motifs is 1. The van der Waals surface area contributed by atoms with Gasteiger partial charge in [-0.15, -0.1) is 0 Å². The van der Waals surface area contributed by atoms with Gasteiger partial charge in [0.05, 0.1) is 5.52 Å². The minimum atomic E-state index is -0.986. The molecule has 6 heteroatoms. The van der Waals surface area contributed by atoms with Crippen molar-refractivity contribution >= 4 is 40.0 Å². The third kappa shape index (κ3) is 2.51. The van der Waals surface area contributed by atoms with Crippen molar-refractivity contribution in [3.8, 4) is 0 Å². The fourth-order valence-corrected chi connectivity index (χ4v) is 2.64. The molecule has 0 aliphatic carbocycles. The molecule has 22 heavy (non-hydrogen) atoms. The fraction of sp³-hybridized carbons (Fsp3) is 0.125. The van der Waals surface area contributed by atoms with Gasteiger partial charge >= 0.3 is 5.97 Å². The number of aromatic nitrogens is 2. The minimum Gasteiger partial charge on any atom is -0.478 e. The van der Waals surface area contributed by atoms with Gasteiger partial charge in [-0.3, -0.25) is 0 Å². The monoisotopic (exact) mass is 315 g/mol. The molecule has 0 atom stereocenters. The Kier molecular flexibility index (Phi) is 3.73. The average molecular weight is 316 g/mol. The zero-order valence-corrected chi connectivity index (χ0v) is 12.6. The van der Waals surface area contributed by atoms with Gasteiger partial charge in [0.15, 0.2) is 0 Å². The Morgan fingerprint density at radius 2 is 2.23 bits per heavy atom. The van der Waals surface area contributed by atoms with Crippen LogP contribution in [0.3, 0.4) is 0 Å². The summed E-state index contributed by atoms with van der Waals surface area (Å²) in [4.78, 5) is 15.7. The van der Waals surface area contributed by atoms with Crippen LogP contribution >= 0.6 is 11.6 Å². The van der Waals surface area contributed by atoms with Gasteiger partial charge in [-0.1, -0.05) is 17.7 Å². The minimum absolute atomic E-state index is 0.193. The van der Waals surface area contributed by atoms with Gasteiger partial charge in [-0.05, 0) is 31.2 Å². The van der Waals surface area contributed by atoms with Crippen molar-refractivity contribution in [3.63, 3.8) is 0 Å². The van der Waals surface area contributed by atoms with Crippen LogP contribution in [0.25, 0.3) is 10.9 Å². The summed E-state index contributed by atoms with van der Waals surface area (Å²) in [5.74, 6) is -0.380. The highest BCUT2D eigenvalue weighted by Gasteiger charge is 2.16. The number of aryl methyl sites for hydroxylation is 1. The molecule has 0 unspecified atom stereocenters. The molecule has 0 radical (unpaired) electrons. The van der Waals surface area contributed by atoms with Crippen molar-refractivity contribution in [3.05, 3.63) is 53.3 Å². The number of hydrogen-bond acceptors (Lipinski definition) is 3. The molecule has 0 bridgehead atoms. The molecular weight excluding hydrogens is 302 g/mol.